The van der Waals surface area contributed by atoms with Crippen LogP contribution in [0.5, 0.6) is 0 Å². The topological polar surface area (TPSA) is 38.0 Å². The molecule has 2 rings (SSSR count). The Hall–Kier alpha value is -1.45. The molecule has 0 unspecified atom stereocenters. The molecule has 0 aliphatic heterocycles. The lowest BCUT2D eigenvalue weighted by Crippen LogP contribution is -1.96. The largest absolute Gasteiger partial charge is 0.398 e. The number of hydrogen-bond donors (Lipinski definition) is 2. The van der Waals surface area contributed by atoms with Crippen LogP contribution < -0.4 is 11.1 Å². The van der Waals surface area contributed by atoms with Crippen LogP contribution in [-0.2, 0) is 0 Å². The van der Waals surface area contributed by atoms with Crippen LogP contribution in [0.1, 0.15) is 5.56 Å². The maximum Gasteiger partial charge on any atom is 0.126 e. The van der Waals surface area contributed by atoms with Gasteiger partial charge in [-0.05, 0) is 36.8 Å². The van der Waals surface area contributed by atoms with Crippen molar-refractivity contribution in [2.75, 3.05) is 11.1 Å². The first-order valence-corrected chi connectivity index (χ1v) is 6.00. The molecule has 5 heteroatoms. The molecule has 2 nitrogen and oxygen atoms in total. The van der Waals surface area contributed by atoms with Gasteiger partial charge in [-0.1, -0.05) is 29.3 Å². The predicted molar refractivity (Wildman–Crippen MR) is 75.3 cm³/mol. The van der Waals surface area contributed by atoms with Crippen LogP contribution >= 0.6 is 23.2 Å². The molecule has 0 atom stereocenters. The van der Waals surface area contributed by atoms with Gasteiger partial charge in [0, 0.05) is 11.4 Å². The molecule has 0 saturated heterocycles. The summed E-state index contributed by atoms with van der Waals surface area (Å²) in [6.07, 6.45) is 0. The van der Waals surface area contributed by atoms with Crippen LogP contribution in [0.2, 0.25) is 10.0 Å². The quantitative estimate of drug-likeness (QED) is 0.780. The molecule has 18 heavy (non-hydrogen) atoms. The van der Waals surface area contributed by atoms with Crippen molar-refractivity contribution < 1.29 is 4.39 Å². The smallest absolute Gasteiger partial charge is 0.126 e. The van der Waals surface area contributed by atoms with E-state index >= 15 is 0 Å². The highest BCUT2D eigenvalue weighted by Gasteiger charge is 2.09. The molecule has 0 aliphatic carbocycles. The highest BCUT2D eigenvalue weighted by molar-refractivity contribution is 6.39. The molecule has 94 valence electrons. The molecule has 0 fully saturated rings. The third kappa shape index (κ3) is 2.68. The van der Waals surface area contributed by atoms with Crippen molar-refractivity contribution in [1.29, 1.82) is 0 Å². The fraction of sp³-hybridized carbons (Fsp3) is 0.0769. The number of aryl methyl sites for hydroxylation is 1. The van der Waals surface area contributed by atoms with Crippen LogP contribution in [0.3, 0.4) is 0 Å². The lowest BCUT2D eigenvalue weighted by molar-refractivity contribution is 0.628. The van der Waals surface area contributed by atoms with E-state index in [0.29, 0.717) is 11.4 Å². The second-order valence-corrected chi connectivity index (χ2v) is 4.76. The summed E-state index contributed by atoms with van der Waals surface area (Å²) in [6.45, 7) is 1.91. The van der Waals surface area contributed by atoms with Gasteiger partial charge in [-0.2, -0.15) is 0 Å². The Morgan fingerprint density at radius 2 is 1.72 bits per heavy atom. The number of hydrogen-bond acceptors (Lipinski definition) is 2. The van der Waals surface area contributed by atoms with Crippen LogP contribution in [-0.4, -0.2) is 0 Å². The molecule has 0 aromatic heterocycles. The summed E-state index contributed by atoms with van der Waals surface area (Å²) < 4.78 is 13.0. The van der Waals surface area contributed by atoms with Crippen LogP contribution in [0.25, 0.3) is 0 Å². The summed E-state index contributed by atoms with van der Waals surface area (Å²) >= 11 is 11.9. The van der Waals surface area contributed by atoms with Crippen LogP contribution in [0.4, 0.5) is 21.5 Å². The lowest BCUT2D eigenvalue weighted by Gasteiger charge is -2.12. The number of nitrogen functional groups attached to an aromatic ring is 1. The Labute approximate surface area is 115 Å². The van der Waals surface area contributed by atoms with Gasteiger partial charge in [0.1, 0.15) is 5.82 Å². The zero-order chi connectivity index (χ0) is 13.3. The molecule has 0 radical (unpaired) electrons. The predicted octanol–water partition coefficient (Wildman–Crippen LogP) is 4.77. The van der Waals surface area contributed by atoms with Crippen molar-refractivity contribution >= 4 is 40.3 Å². The molecular formula is C13H11Cl2FN2. The van der Waals surface area contributed by atoms with E-state index in [1.807, 2.05) is 19.1 Å². The summed E-state index contributed by atoms with van der Waals surface area (Å²) in [6, 6.07) is 7.90. The lowest BCUT2D eigenvalue weighted by atomic mass is 10.2. The second-order valence-electron chi connectivity index (χ2n) is 3.94. The van der Waals surface area contributed by atoms with Gasteiger partial charge in [0.25, 0.3) is 0 Å². The number of benzene rings is 2. The Morgan fingerprint density at radius 1 is 1.11 bits per heavy atom. The van der Waals surface area contributed by atoms with Crippen LogP contribution in [0, 0.1) is 12.7 Å². The zero-order valence-electron chi connectivity index (χ0n) is 9.60. The fourth-order valence-electron chi connectivity index (χ4n) is 1.52. The number of nitrogens with two attached hydrogens (primary N) is 1. The van der Waals surface area contributed by atoms with Gasteiger partial charge in [-0.25, -0.2) is 4.39 Å². The second kappa shape index (κ2) is 5.04. The molecule has 0 amide bonds. The molecule has 0 spiro atoms. The van der Waals surface area contributed by atoms with Crippen molar-refractivity contribution in [3.63, 3.8) is 0 Å². The Kier molecular flexibility index (Phi) is 3.64. The van der Waals surface area contributed by atoms with Crippen LogP contribution in [0.15, 0.2) is 30.3 Å². The number of halogens is 3. The van der Waals surface area contributed by atoms with Crippen molar-refractivity contribution in [3.05, 3.63) is 51.8 Å². The molecule has 0 aliphatic rings. The van der Waals surface area contributed by atoms with Crippen molar-refractivity contribution in [1.82, 2.24) is 0 Å². The molecule has 0 saturated carbocycles. The van der Waals surface area contributed by atoms with E-state index in [4.69, 9.17) is 28.9 Å². The summed E-state index contributed by atoms with van der Waals surface area (Å²) in [5.74, 6) is -0.473. The monoisotopic (exact) mass is 284 g/mol. The van der Waals surface area contributed by atoms with Gasteiger partial charge in [0.05, 0.1) is 15.7 Å². The van der Waals surface area contributed by atoms with E-state index in [1.54, 1.807) is 6.07 Å². The third-order valence-corrected chi connectivity index (χ3v) is 3.15. The zero-order valence-corrected chi connectivity index (χ0v) is 11.1. The van der Waals surface area contributed by atoms with E-state index in [9.17, 15) is 4.39 Å². The van der Waals surface area contributed by atoms with E-state index in [0.717, 1.165) is 11.3 Å². The highest BCUT2D eigenvalue weighted by Crippen LogP contribution is 2.34. The van der Waals surface area contributed by atoms with Gasteiger partial charge in [-0.3, -0.25) is 0 Å². The average molecular weight is 285 g/mol. The van der Waals surface area contributed by atoms with E-state index in [-0.39, 0.29) is 10.0 Å². The van der Waals surface area contributed by atoms with Crippen molar-refractivity contribution in [2.24, 2.45) is 0 Å². The maximum atomic E-state index is 13.0. The summed E-state index contributed by atoms with van der Waals surface area (Å²) in [7, 11) is 0. The normalized spacial score (nSPS) is 10.4. The Morgan fingerprint density at radius 3 is 2.28 bits per heavy atom. The fourth-order valence-corrected chi connectivity index (χ4v) is 2.08. The van der Waals surface area contributed by atoms with Gasteiger partial charge in [0.2, 0.25) is 0 Å². The molecule has 0 bridgehead atoms. The van der Waals surface area contributed by atoms with Crippen molar-refractivity contribution in [2.45, 2.75) is 6.92 Å². The first-order valence-electron chi connectivity index (χ1n) is 5.25. The maximum absolute atomic E-state index is 13.0. The standard InChI is InChI=1S/C13H11Cl2FN2/c1-7-2-3-9(6-12(7)17)18-13-10(14)4-8(16)5-11(13)15/h2-6,18H,17H2,1H3. The third-order valence-electron chi connectivity index (χ3n) is 2.56. The SMILES string of the molecule is Cc1ccc(Nc2c(Cl)cc(F)cc2Cl)cc1N. The molecule has 0 heterocycles. The number of anilines is 3. The number of nitrogens with one attached hydrogen (secondary N) is 1. The minimum Gasteiger partial charge on any atom is -0.398 e. The molecule has 2 aromatic carbocycles. The molecule has 2 aromatic rings. The molecule has 3 N–H and O–H groups in total. The van der Waals surface area contributed by atoms with Gasteiger partial charge in [-0.15, -0.1) is 0 Å². The summed E-state index contributed by atoms with van der Waals surface area (Å²) in [5.41, 5.74) is 8.66. The van der Waals surface area contributed by atoms with Crippen molar-refractivity contribution in [3.8, 4) is 0 Å². The van der Waals surface area contributed by atoms with E-state index < -0.39 is 5.82 Å². The minimum atomic E-state index is -0.473. The van der Waals surface area contributed by atoms with Gasteiger partial charge >= 0.3 is 0 Å². The minimum absolute atomic E-state index is 0.221. The highest BCUT2D eigenvalue weighted by atomic mass is 35.5. The summed E-state index contributed by atoms with van der Waals surface area (Å²) in [5, 5.41) is 3.47. The average Bonchev–Trinajstić information content (AvgIpc) is 2.28. The first kappa shape index (κ1) is 13.0. The van der Waals surface area contributed by atoms with Gasteiger partial charge in [0.15, 0.2) is 0 Å². The number of rotatable bonds is 2. The first-order chi connectivity index (χ1) is 8.47. The van der Waals surface area contributed by atoms with Gasteiger partial charge < -0.3 is 11.1 Å². The van der Waals surface area contributed by atoms with E-state index in [2.05, 4.69) is 5.32 Å². The Balaban J connectivity index is 2.37. The van der Waals surface area contributed by atoms with E-state index in [1.165, 1.54) is 12.1 Å². The molecular weight excluding hydrogens is 274 g/mol. The summed E-state index contributed by atoms with van der Waals surface area (Å²) in [4.78, 5) is 0. The Bertz CT molecular complexity index is 577.